The van der Waals surface area contributed by atoms with Crippen molar-refractivity contribution in [2.75, 3.05) is 13.2 Å². The summed E-state index contributed by atoms with van der Waals surface area (Å²) in [6.45, 7) is -1.26. The molecule has 2 saturated heterocycles. The molecule has 0 aliphatic carbocycles. The van der Waals surface area contributed by atoms with Crippen molar-refractivity contribution in [1.82, 2.24) is 0 Å². The van der Waals surface area contributed by atoms with Crippen LogP contribution in [0.4, 0.5) is 0 Å². The SMILES string of the molecule is O=C(OC[C@H]1O[C@@H](OC[C@H]2OC(O)[C@H](O)[C@@H](O)[C@@H]2O)[C@H](OC(=O)c2ccccc2)[C@@H](OC(=O)c2ccccc2)[C@H]1OC(=O)c1ccccc1)c1ccccc1. The van der Waals surface area contributed by atoms with E-state index in [1.807, 2.05) is 0 Å². The van der Waals surface area contributed by atoms with Crippen molar-refractivity contribution in [3.63, 3.8) is 0 Å². The first kappa shape index (κ1) is 39.2. The molecule has 2 aliphatic rings. The summed E-state index contributed by atoms with van der Waals surface area (Å²) in [6.07, 6.45) is -17.0. The van der Waals surface area contributed by atoms with Crippen molar-refractivity contribution in [1.29, 1.82) is 0 Å². The third-order valence-electron chi connectivity index (χ3n) is 8.85. The number of aliphatic hydroxyl groups excluding tert-OH is 4. The largest absolute Gasteiger partial charge is 0.459 e. The number of rotatable bonds is 12. The highest BCUT2D eigenvalue weighted by molar-refractivity contribution is 5.91. The predicted molar refractivity (Wildman–Crippen MR) is 187 cm³/mol. The minimum Gasteiger partial charge on any atom is -0.459 e. The molecule has 1 unspecified atom stereocenters. The van der Waals surface area contributed by atoms with E-state index in [4.69, 9.17) is 33.2 Å². The lowest BCUT2D eigenvalue weighted by Gasteiger charge is -2.45. The number of carbonyl (C=O) groups excluding carboxylic acids is 4. The summed E-state index contributed by atoms with van der Waals surface area (Å²) in [5.74, 6) is -3.50. The fraction of sp³-hybridized carbons (Fsp3) is 0.300. The maximum atomic E-state index is 13.7. The van der Waals surface area contributed by atoms with Gasteiger partial charge in [0.2, 0.25) is 0 Å². The summed E-state index contributed by atoms with van der Waals surface area (Å²) >= 11 is 0. The first-order chi connectivity index (χ1) is 26.6. The van der Waals surface area contributed by atoms with Gasteiger partial charge in [-0.1, -0.05) is 72.8 Å². The summed E-state index contributed by atoms with van der Waals surface area (Å²) in [7, 11) is 0. The molecule has 0 aromatic heterocycles. The van der Waals surface area contributed by atoms with Crippen molar-refractivity contribution < 1.29 is 72.8 Å². The van der Waals surface area contributed by atoms with Gasteiger partial charge in [0.05, 0.1) is 28.9 Å². The van der Waals surface area contributed by atoms with Gasteiger partial charge in [0, 0.05) is 0 Å². The summed E-state index contributed by atoms with van der Waals surface area (Å²) in [4.78, 5) is 54.1. The van der Waals surface area contributed by atoms with Gasteiger partial charge in [-0.25, -0.2) is 19.2 Å². The minimum absolute atomic E-state index is 0.0809. The monoisotopic (exact) mass is 758 g/mol. The molecule has 0 saturated carbocycles. The first-order valence-electron chi connectivity index (χ1n) is 17.3. The van der Waals surface area contributed by atoms with Gasteiger partial charge in [-0.15, -0.1) is 0 Å². The molecule has 4 aromatic carbocycles. The van der Waals surface area contributed by atoms with E-state index >= 15 is 0 Å². The Labute approximate surface area is 314 Å². The van der Waals surface area contributed by atoms with E-state index in [9.17, 15) is 39.6 Å². The van der Waals surface area contributed by atoms with Crippen LogP contribution in [0, 0.1) is 0 Å². The van der Waals surface area contributed by atoms with E-state index < -0.39 is 98.5 Å². The molecule has 10 atom stereocenters. The fourth-order valence-corrected chi connectivity index (χ4v) is 5.92. The molecule has 15 nitrogen and oxygen atoms in total. The zero-order valence-corrected chi connectivity index (χ0v) is 29.0. The number of aliphatic hydroxyl groups is 4. The van der Waals surface area contributed by atoms with Gasteiger partial charge < -0.3 is 53.6 Å². The van der Waals surface area contributed by atoms with Gasteiger partial charge in [-0.05, 0) is 48.5 Å². The summed E-state index contributed by atoms with van der Waals surface area (Å²) in [6, 6.07) is 31.4. The molecule has 288 valence electrons. The number of benzene rings is 4. The Morgan fingerprint density at radius 1 is 0.455 bits per heavy atom. The molecule has 2 fully saturated rings. The Kier molecular flexibility index (Phi) is 13.0. The highest BCUT2D eigenvalue weighted by atomic mass is 16.7. The Hall–Kier alpha value is -5.52. The van der Waals surface area contributed by atoms with Crippen molar-refractivity contribution in [2.45, 2.75) is 61.4 Å². The van der Waals surface area contributed by atoms with Crippen molar-refractivity contribution in [2.24, 2.45) is 0 Å². The van der Waals surface area contributed by atoms with E-state index in [1.165, 1.54) is 48.5 Å². The van der Waals surface area contributed by atoms with Crippen molar-refractivity contribution >= 4 is 23.9 Å². The van der Waals surface area contributed by atoms with E-state index in [-0.39, 0.29) is 22.3 Å². The van der Waals surface area contributed by atoms with Crippen molar-refractivity contribution in [3.05, 3.63) is 144 Å². The standard InChI is InChI=1S/C40H38O15/c41-29-27(51-39(48)31(43)30(29)42)21-50-40-34(55-38(47)26-19-11-4-12-20-26)33(54-37(46)25-17-9-3-10-18-25)32(53-36(45)24-15-7-2-8-16-24)28(52-40)22-49-35(44)23-13-5-1-6-14-23/h1-20,27-34,39-43,48H,21-22H2/t27-,28-,29-,30+,31-,32+,33+,34-,39?,40-/m1/s1. The molecule has 55 heavy (non-hydrogen) atoms. The van der Waals surface area contributed by atoms with E-state index in [2.05, 4.69) is 0 Å². The smallest absolute Gasteiger partial charge is 0.338 e. The zero-order chi connectivity index (χ0) is 38.9. The van der Waals surface area contributed by atoms with Crippen LogP contribution >= 0.6 is 0 Å². The van der Waals surface area contributed by atoms with Gasteiger partial charge in [-0.3, -0.25) is 0 Å². The van der Waals surface area contributed by atoms with E-state index in [0.717, 1.165) is 0 Å². The third kappa shape index (κ3) is 9.59. The molecule has 0 bridgehead atoms. The zero-order valence-electron chi connectivity index (χ0n) is 29.0. The Balaban J connectivity index is 1.39. The van der Waals surface area contributed by atoms with E-state index in [0.29, 0.717) is 0 Å². The number of hydrogen-bond acceptors (Lipinski definition) is 15. The van der Waals surface area contributed by atoms with Crippen LogP contribution in [-0.4, -0.2) is 119 Å². The maximum absolute atomic E-state index is 13.7. The van der Waals surface area contributed by atoms with Gasteiger partial charge in [0.15, 0.2) is 30.9 Å². The van der Waals surface area contributed by atoms with Gasteiger partial charge in [-0.2, -0.15) is 0 Å². The number of hydrogen-bond donors (Lipinski definition) is 4. The molecule has 0 radical (unpaired) electrons. The molecular formula is C40H38O15. The summed E-state index contributed by atoms with van der Waals surface area (Å²) < 4.78 is 41.0. The molecular weight excluding hydrogens is 720 g/mol. The minimum atomic E-state index is -1.91. The van der Waals surface area contributed by atoms with Crippen LogP contribution in [0.1, 0.15) is 41.4 Å². The van der Waals surface area contributed by atoms with Crippen LogP contribution in [0.3, 0.4) is 0 Å². The average molecular weight is 759 g/mol. The molecule has 15 heteroatoms. The number of esters is 4. The first-order valence-corrected chi connectivity index (χ1v) is 17.3. The van der Waals surface area contributed by atoms with Crippen LogP contribution in [0.25, 0.3) is 0 Å². The Bertz CT molecular complexity index is 1880. The number of carbonyl (C=O) groups is 4. The van der Waals surface area contributed by atoms with Crippen LogP contribution in [0.5, 0.6) is 0 Å². The highest BCUT2D eigenvalue weighted by Crippen LogP contribution is 2.32. The lowest BCUT2D eigenvalue weighted by atomic mass is 9.97. The molecule has 2 heterocycles. The fourth-order valence-electron chi connectivity index (χ4n) is 5.92. The van der Waals surface area contributed by atoms with Gasteiger partial charge in [0.25, 0.3) is 0 Å². The third-order valence-corrected chi connectivity index (χ3v) is 8.85. The molecule has 2 aliphatic heterocycles. The molecule has 4 N–H and O–H groups in total. The lowest BCUT2D eigenvalue weighted by molar-refractivity contribution is -0.324. The van der Waals surface area contributed by atoms with Gasteiger partial charge >= 0.3 is 23.9 Å². The second kappa shape index (κ2) is 18.2. The average Bonchev–Trinajstić information content (AvgIpc) is 3.22. The maximum Gasteiger partial charge on any atom is 0.338 e. The molecule has 6 rings (SSSR count). The molecule has 4 aromatic rings. The second-order valence-corrected chi connectivity index (χ2v) is 12.6. The summed E-state index contributed by atoms with van der Waals surface area (Å²) in [5.41, 5.74) is 0.459. The molecule has 0 amide bonds. The second-order valence-electron chi connectivity index (χ2n) is 12.6. The van der Waals surface area contributed by atoms with E-state index in [1.54, 1.807) is 72.8 Å². The molecule has 0 spiro atoms. The van der Waals surface area contributed by atoms with Crippen molar-refractivity contribution in [3.8, 4) is 0 Å². The van der Waals surface area contributed by atoms with Crippen LogP contribution < -0.4 is 0 Å². The van der Waals surface area contributed by atoms with Crippen LogP contribution in [0.2, 0.25) is 0 Å². The Morgan fingerprint density at radius 2 is 0.873 bits per heavy atom. The lowest BCUT2D eigenvalue weighted by Crippen LogP contribution is -2.64. The Morgan fingerprint density at radius 3 is 1.35 bits per heavy atom. The van der Waals surface area contributed by atoms with Gasteiger partial charge in [0.1, 0.15) is 37.1 Å². The topological polar surface area (TPSA) is 214 Å². The predicted octanol–water partition coefficient (Wildman–Crippen LogP) is 2.06. The summed E-state index contributed by atoms with van der Waals surface area (Å²) in [5, 5.41) is 41.0. The quantitative estimate of drug-likeness (QED) is 0.120. The van der Waals surface area contributed by atoms with Crippen LogP contribution in [-0.2, 0) is 33.2 Å². The normalized spacial score (nSPS) is 27.6. The van der Waals surface area contributed by atoms with Crippen LogP contribution in [0.15, 0.2) is 121 Å². The highest BCUT2D eigenvalue weighted by Gasteiger charge is 2.54. The number of ether oxygens (including phenoxy) is 7.